The fraction of sp³-hybridized carbons (Fsp3) is 0.111. The van der Waals surface area contributed by atoms with Crippen molar-refractivity contribution >= 4 is 0 Å². The van der Waals surface area contributed by atoms with Crippen LogP contribution in [0.25, 0.3) is 0 Å². The smallest absolute Gasteiger partial charge is 0.165 e. The van der Waals surface area contributed by atoms with Crippen LogP contribution in [0.3, 0.4) is 0 Å². The highest BCUT2D eigenvalue weighted by molar-refractivity contribution is 5.32. The second-order valence-electron chi connectivity index (χ2n) is 2.59. The summed E-state index contributed by atoms with van der Waals surface area (Å²) in [5, 5.41) is 8.80. The van der Waals surface area contributed by atoms with E-state index in [4.69, 9.17) is 10.8 Å². The predicted molar refractivity (Wildman–Crippen MR) is 45.1 cm³/mol. The van der Waals surface area contributed by atoms with Crippen molar-refractivity contribution in [3.05, 3.63) is 42.0 Å². The lowest BCUT2D eigenvalue weighted by Gasteiger charge is -2.08. The summed E-state index contributed by atoms with van der Waals surface area (Å²) in [5.41, 5.74) is 5.38. The van der Waals surface area contributed by atoms with Crippen molar-refractivity contribution in [3.63, 3.8) is 0 Å². The Kier molecular flexibility index (Phi) is 2.63. The highest BCUT2D eigenvalue weighted by Gasteiger charge is 2.12. The lowest BCUT2D eigenvalue weighted by Crippen LogP contribution is -2.09. The Hall–Kier alpha value is -1.42. The highest BCUT2D eigenvalue weighted by atomic mass is 19.1. The zero-order chi connectivity index (χ0) is 10.0. The number of nitrogens with two attached hydrogens (primary N) is 1. The van der Waals surface area contributed by atoms with Crippen LogP contribution in [0, 0.1) is 11.6 Å². The molecule has 13 heavy (non-hydrogen) atoms. The van der Waals surface area contributed by atoms with Gasteiger partial charge in [-0.05, 0) is 6.07 Å². The normalized spacial score (nSPS) is 12.5. The molecule has 1 rings (SSSR count). The van der Waals surface area contributed by atoms with Gasteiger partial charge < -0.3 is 10.8 Å². The fourth-order valence-corrected chi connectivity index (χ4v) is 0.934. The second kappa shape index (κ2) is 3.53. The van der Waals surface area contributed by atoms with Crippen molar-refractivity contribution in [2.75, 3.05) is 0 Å². The van der Waals surface area contributed by atoms with Gasteiger partial charge in [-0.25, -0.2) is 8.78 Å². The minimum atomic E-state index is -0.895. The Morgan fingerprint density at radius 1 is 1.38 bits per heavy atom. The molecule has 3 N–H and O–H groups in total. The summed E-state index contributed by atoms with van der Waals surface area (Å²) in [5.74, 6) is -2.36. The molecule has 0 aliphatic carbocycles. The van der Waals surface area contributed by atoms with Gasteiger partial charge in [-0.2, -0.15) is 0 Å². The number of rotatable bonds is 2. The summed E-state index contributed by atoms with van der Waals surface area (Å²) in [6.07, 6.45) is 1.29. The monoisotopic (exact) mass is 185 g/mol. The van der Waals surface area contributed by atoms with Gasteiger partial charge in [0.05, 0.1) is 6.04 Å². The zero-order valence-electron chi connectivity index (χ0n) is 6.80. The number of hydrogen-bond donors (Lipinski definition) is 2. The quantitative estimate of drug-likeness (QED) is 0.691. The summed E-state index contributed by atoms with van der Waals surface area (Å²) < 4.78 is 25.8. The van der Waals surface area contributed by atoms with Crippen LogP contribution in [0.1, 0.15) is 11.6 Å². The number of hydrogen-bond acceptors (Lipinski definition) is 2. The first-order valence-electron chi connectivity index (χ1n) is 3.62. The van der Waals surface area contributed by atoms with Crippen molar-refractivity contribution in [3.8, 4) is 5.75 Å². The van der Waals surface area contributed by atoms with Gasteiger partial charge in [-0.1, -0.05) is 6.08 Å². The molecule has 0 bridgehead atoms. The van der Waals surface area contributed by atoms with E-state index in [-0.39, 0.29) is 5.56 Å². The van der Waals surface area contributed by atoms with Crippen LogP contribution in [0.15, 0.2) is 24.8 Å². The number of benzene rings is 1. The van der Waals surface area contributed by atoms with Crippen LogP contribution >= 0.6 is 0 Å². The van der Waals surface area contributed by atoms with Gasteiger partial charge >= 0.3 is 0 Å². The number of aromatic hydroxyl groups is 1. The first-order valence-corrected chi connectivity index (χ1v) is 3.62. The van der Waals surface area contributed by atoms with Gasteiger partial charge in [0.15, 0.2) is 11.6 Å². The summed E-state index contributed by atoms with van der Waals surface area (Å²) >= 11 is 0. The maximum atomic E-state index is 13.0. The molecular weight excluding hydrogens is 176 g/mol. The SMILES string of the molecule is C=CC(N)c1cc(F)c(O)cc1F. The molecule has 70 valence electrons. The largest absolute Gasteiger partial charge is 0.505 e. The molecule has 0 aromatic heterocycles. The Morgan fingerprint density at radius 3 is 2.54 bits per heavy atom. The molecule has 1 aromatic rings. The Balaban J connectivity index is 3.22. The van der Waals surface area contributed by atoms with Gasteiger partial charge in [0.25, 0.3) is 0 Å². The zero-order valence-corrected chi connectivity index (χ0v) is 6.80. The van der Waals surface area contributed by atoms with Crippen molar-refractivity contribution in [2.45, 2.75) is 6.04 Å². The summed E-state index contributed by atoms with van der Waals surface area (Å²) in [4.78, 5) is 0. The van der Waals surface area contributed by atoms with E-state index in [0.29, 0.717) is 6.07 Å². The predicted octanol–water partition coefficient (Wildman–Crippen LogP) is 1.86. The molecule has 1 atom stereocenters. The Morgan fingerprint density at radius 2 is 2.00 bits per heavy atom. The van der Waals surface area contributed by atoms with E-state index < -0.39 is 23.4 Å². The topological polar surface area (TPSA) is 46.2 Å². The third-order valence-electron chi connectivity index (χ3n) is 1.68. The van der Waals surface area contributed by atoms with E-state index in [1.807, 2.05) is 0 Å². The van der Waals surface area contributed by atoms with E-state index in [1.54, 1.807) is 0 Å². The van der Waals surface area contributed by atoms with Gasteiger partial charge in [0.1, 0.15) is 5.82 Å². The summed E-state index contributed by atoms with van der Waals surface area (Å²) in [6.45, 7) is 3.35. The molecule has 0 fully saturated rings. The number of halogens is 2. The molecule has 0 aliphatic rings. The lowest BCUT2D eigenvalue weighted by molar-refractivity contribution is 0.424. The average Bonchev–Trinajstić information content (AvgIpc) is 2.10. The van der Waals surface area contributed by atoms with Crippen molar-refractivity contribution in [1.82, 2.24) is 0 Å². The van der Waals surface area contributed by atoms with E-state index in [1.165, 1.54) is 6.08 Å². The lowest BCUT2D eigenvalue weighted by atomic mass is 10.1. The van der Waals surface area contributed by atoms with Crippen LogP contribution < -0.4 is 5.73 Å². The average molecular weight is 185 g/mol. The molecule has 0 radical (unpaired) electrons. The minimum Gasteiger partial charge on any atom is -0.505 e. The number of phenols is 1. The third kappa shape index (κ3) is 1.84. The maximum Gasteiger partial charge on any atom is 0.165 e. The maximum absolute atomic E-state index is 13.0. The standard InChI is InChI=1S/C9H9F2NO/c1-2-8(12)5-3-7(11)9(13)4-6(5)10/h2-4,8,13H,1,12H2. The molecule has 2 nitrogen and oxygen atoms in total. The number of phenolic OH excluding ortho intramolecular Hbond substituents is 1. The van der Waals surface area contributed by atoms with Crippen LogP contribution in [0.5, 0.6) is 5.75 Å². The van der Waals surface area contributed by atoms with Crippen LogP contribution in [0.4, 0.5) is 8.78 Å². The summed E-state index contributed by atoms with van der Waals surface area (Å²) in [6, 6.07) is 0.778. The summed E-state index contributed by atoms with van der Waals surface area (Å²) in [7, 11) is 0. The Labute approximate surface area is 74.3 Å². The highest BCUT2D eigenvalue weighted by Crippen LogP contribution is 2.23. The first kappa shape index (κ1) is 9.67. The molecule has 0 heterocycles. The molecule has 1 unspecified atom stereocenters. The molecule has 0 amide bonds. The molecule has 1 aromatic carbocycles. The molecule has 0 aliphatic heterocycles. The molecule has 0 saturated heterocycles. The van der Waals surface area contributed by atoms with Crippen molar-refractivity contribution in [2.24, 2.45) is 5.73 Å². The van der Waals surface area contributed by atoms with Gasteiger partial charge in [0.2, 0.25) is 0 Å². The Bertz CT molecular complexity index is 339. The first-order chi connectivity index (χ1) is 6.06. The van der Waals surface area contributed by atoms with Crippen LogP contribution in [-0.2, 0) is 0 Å². The molecule has 0 saturated carbocycles. The minimum absolute atomic E-state index is 0.0229. The molecular formula is C9H9F2NO. The fourth-order valence-electron chi connectivity index (χ4n) is 0.934. The van der Waals surface area contributed by atoms with Crippen molar-refractivity contribution in [1.29, 1.82) is 0 Å². The van der Waals surface area contributed by atoms with E-state index in [9.17, 15) is 8.78 Å². The molecule has 0 spiro atoms. The van der Waals surface area contributed by atoms with Crippen LogP contribution in [-0.4, -0.2) is 5.11 Å². The second-order valence-corrected chi connectivity index (χ2v) is 2.59. The van der Waals surface area contributed by atoms with E-state index in [0.717, 1.165) is 6.07 Å². The van der Waals surface area contributed by atoms with Crippen molar-refractivity contribution < 1.29 is 13.9 Å². The van der Waals surface area contributed by atoms with E-state index >= 15 is 0 Å². The van der Waals surface area contributed by atoms with Gasteiger partial charge in [0, 0.05) is 11.6 Å². The van der Waals surface area contributed by atoms with Gasteiger partial charge in [-0.15, -0.1) is 6.58 Å². The van der Waals surface area contributed by atoms with E-state index in [2.05, 4.69) is 6.58 Å². The van der Waals surface area contributed by atoms with Gasteiger partial charge in [-0.3, -0.25) is 0 Å². The third-order valence-corrected chi connectivity index (χ3v) is 1.68. The molecule has 4 heteroatoms. The van der Waals surface area contributed by atoms with Crippen LogP contribution in [0.2, 0.25) is 0 Å².